The summed E-state index contributed by atoms with van der Waals surface area (Å²) < 4.78 is 7.05. The second kappa shape index (κ2) is 9.80. The quantitative estimate of drug-likeness (QED) is 0.636. The van der Waals surface area contributed by atoms with Crippen molar-refractivity contribution in [2.45, 2.75) is 13.2 Å². The van der Waals surface area contributed by atoms with E-state index in [-0.39, 0.29) is 19.1 Å². The molecule has 162 valence electrons. The van der Waals surface area contributed by atoms with E-state index < -0.39 is 6.09 Å². The maximum Gasteiger partial charge on any atom is 0.407 e. The number of ether oxygens (including phenoxy) is 1. The Labute approximate surface area is 185 Å². The summed E-state index contributed by atoms with van der Waals surface area (Å²) >= 11 is 6.03. The number of fused-ring (bicyclic) bond motifs is 1. The number of imidazole rings is 1. The molecule has 2 aromatic heterocycles. The van der Waals surface area contributed by atoms with Crippen LogP contribution in [0.1, 0.15) is 11.3 Å². The zero-order valence-corrected chi connectivity index (χ0v) is 17.8. The van der Waals surface area contributed by atoms with E-state index in [2.05, 4.69) is 15.2 Å². The first-order valence-electron chi connectivity index (χ1n) is 10.1. The van der Waals surface area contributed by atoms with Crippen LogP contribution in [0.25, 0.3) is 5.65 Å². The van der Waals surface area contributed by atoms with E-state index in [0.29, 0.717) is 24.7 Å². The third-order valence-electron chi connectivity index (χ3n) is 5.17. The van der Waals surface area contributed by atoms with Crippen LogP contribution in [0.5, 0.6) is 0 Å². The number of halogens is 1. The van der Waals surface area contributed by atoms with Gasteiger partial charge in [0.1, 0.15) is 18.8 Å². The molecule has 0 spiro atoms. The Balaban J connectivity index is 1.18. The number of nitrogens with one attached hydrogen (secondary N) is 1. The molecule has 0 saturated carbocycles. The number of hydrogen-bond acceptors (Lipinski definition) is 5. The molecule has 1 N–H and O–H groups in total. The number of carbonyl (C=O) groups excluding carboxylic acids is 2. The number of nitrogens with zero attached hydrogens (tertiary/aromatic N) is 4. The van der Waals surface area contributed by atoms with Crippen LogP contribution in [0.2, 0.25) is 5.02 Å². The molecular formula is C22H24ClN5O3. The van der Waals surface area contributed by atoms with Gasteiger partial charge in [-0.15, -0.1) is 0 Å². The highest BCUT2D eigenvalue weighted by molar-refractivity contribution is 6.30. The van der Waals surface area contributed by atoms with Crippen molar-refractivity contribution < 1.29 is 14.3 Å². The molecule has 0 radical (unpaired) electrons. The summed E-state index contributed by atoms with van der Waals surface area (Å²) in [5.41, 5.74) is 2.72. The number of benzene rings is 1. The van der Waals surface area contributed by atoms with Crippen LogP contribution in [0.4, 0.5) is 4.79 Å². The van der Waals surface area contributed by atoms with Crippen molar-refractivity contribution in [3.05, 3.63) is 71.1 Å². The molecule has 0 bridgehead atoms. The third-order valence-corrected chi connectivity index (χ3v) is 5.40. The van der Waals surface area contributed by atoms with Gasteiger partial charge >= 0.3 is 6.09 Å². The Morgan fingerprint density at radius 3 is 2.58 bits per heavy atom. The number of pyridine rings is 1. The fourth-order valence-corrected chi connectivity index (χ4v) is 3.68. The lowest BCUT2D eigenvalue weighted by molar-refractivity contribution is -0.132. The van der Waals surface area contributed by atoms with Crippen LogP contribution in [-0.4, -0.2) is 63.9 Å². The standard InChI is InChI=1S/C22H24ClN5O3/c23-18-6-7-20-25-19(15-28(20)13-18)14-26-8-10-27(11-9-26)21(29)12-24-22(30)31-16-17-4-2-1-3-5-17/h1-7,13,15H,8-12,14,16H2,(H,24,30). The molecule has 4 rings (SSSR count). The summed E-state index contributed by atoms with van der Waals surface area (Å²) in [5.74, 6) is -0.112. The minimum Gasteiger partial charge on any atom is -0.445 e. The lowest BCUT2D eigenvalue weighted by Gasteiger charge is -2.34. The van der Waals surface area contributed by atoms with E-state index in [0.717, 1.165) is 30.0 Å². The average molecular weight is 442 g/mol. The van der Waals surface area contributed by atoms with Crippen molar-refractivity contribution in [1.82, 2.24) is 24.5 Å². The van der Waals surface area contributed by atoms with Gasteiger partial charge in [-0.2, -0.15) is 0 Å². The first-order valence-corrected chi connectivity index (χ1v) is 10.5. The van der Waals surface area contributed by atoms with E-state index >= 15 is 0 Å². The lowest BCUT2D eigenvalue weighted by Crippen LogP contribution is -2.50. The largest absolute Gasteiger partial charge is 0.445 e. The Hall–Kier alpha value is -3.10. The monoisotopic (exact) mass is 441 g/mol. The summed E-state index contributed by atoms with van der Waals surface area (Å²) in [6, 6.07) is 13.1. The van der Waals surface area contributed by atoms with Crippen LogP contribution in [0.15, 0.2) is 54.9 Å². The molecule has 1 aliphatic rings. The van der Waals surface area contributed by atoms with Crippen molar-refractivity contribution in [3.8, 4) is 0 Å². The molecule has 9 heteroatoms. The van der Waals surface area contributed by atoms with Gasteiger partial charge in [0, 0.05) is 45.1 Å². The van der Waals surface area contributed by atoms with Crippen molar-refractivity contribution in [2.24, 2.45) is 0 Å². The molecule has 0 atom stereocenters. The number of carbonyl (C=O) groups is 2. The fourth-order valence-electron chi connectivity index (χ4n) is 3.51. The van der Waals surface area contributed by atoms with Crippen LogP contribution >= 0.6 is 11.6 Å². The summed E-state index contributed by atoms with van der Waals surface area (Å²) in [5, 5.41) is 3.20. The molecule has 1 saturated heterocycles. The van der Waals surface area contributed by atoms with Gasteiger partial charge in [-0.25, -0.2) is 9.78 Å². The molecule has 3 heterocycles. The number of alkyl carbamates (subject to hydrolysis) is 1. The van der Waals surface area contributed by atoms with Crippen molar-refractivity contribution >= 4 is 29.2 Å². The van der Waals surface area contributed by atoms with E-state index in [4.69, 9.17) is 16.3 Å². The topological polar surface area (TPSA) is 79.2 Å². The predicted molar refractivity (Wildman–Crippen MR) is 117 cm³/mol. The van der Waals surface area contributed by atoms with Crippen molar-refractivity contribution in [1.29, 1.82) is 0 Å². The van der Waals surface area contributed by atoms with Gasteiger partial charge in [0.15, 0.2) is 0 Å². The smallest absolute Gasteiger partial charge is 0.407 e. The molecular weight excluding hydrogens is 418 g/mol. The number of hydrogen-bond donors (Lipinski definition) is 1. The maximum absolute atomic E-state index is 12.4. The van der Waals surface area contributed by atoms with Crippen LogP contribution in [0, 0.1) is 0 Å². The molecule has 1 aliphatic heterocycles. The van der Waals surface area contributed by atoms with Crippen LogP contribution in [-0.2, 0) is 22.7 Å². The molecule has 8 nitrogen and oxygen atoms in total. The highest BCUT2D eigenvalue weighted by Crippen LogP contribution is 2.14. The summed E-state index contributed by atoms with van der Waals surface area (Å²) in [6.07, 6.45) is 3.22. The van der Waals surface area contributed by atoms with E-state index in [1.54, 1.807) is 4.90 Å². The van der Waals surface area contributed by atoms with Gasteiger partial charge in [-0.1, -0.05) is 41.9 Å². The second-order valence-electron chi connectivity index (χ2n) is 7.42. The summed E-state index contributed by atoms with van der Waals surface area (Å²) in [7, 11) is 0. The number of amides is 2. The number of aromatic nitrogens is 2. The molecule has 31 heavy (non-hydrogen) atoms. The van der Waals surface area contributed by atoms with Crippen molar-refractivity contribution in [3.63, 3.8) is 0 Å². The van der Waals surface area contributed by atoms with E-state index in [1.165, 1.54) is 0 Å². The van der Waals surface area contributed by atoms with Gasteiger partial charge in [0.05, 0.1) is 10.7 Å². The number of rotatable bonds is 6. The molecule has 2 amide bonds. The zero-order valence-electron chi connectivity index (χ0n) is 17.0. The fraction of sp³-hybridized carbons (Fsp3) is 0.318. The molecule has 0 unspecified atom stereocenters. The maximum atomic E-state index is 12.4. The molecule has 1 aromatic carbocycles. The van der Waals surface area contributed by atoms with E-state index in [9.17, 15) is 9.59 Å². The molecule has 3 aromatic rings. The zero-order chi connectivity index (χ0) is 21.6. The SMILES string of the molecule is O=C(NCC(=O)N1CCN(Cc2cn3cc(Cl)ccc3n2)CC1)OCc1ccccc1. The predicted octanol–water partition coefficient (Wildman–Crippen LogP) is 2.56. The normalized spacial score (nSPS) is 14.5. The first-order chi connectivity index (χ1) is 15.1. The van der Waals surface area contributed by atoms with Gasteiger partial charge in [-0.05, 0) is 17.7 Å². The highest BCUT2D eigenvalue weighted by Gasteiger charge is 2.22. The Morgan fingerprint density at radius 1 is 1.03 bits per heavy atom. The number of piperazine rings is 1. The highest BCUT2D eigenvalue weighted by atomic mass is 35.5. The minimum atomic E-state index is -0.595. The summed E-state index contributed by atoms with van der Waals surface area (Å²) in [4.78, 5) is 32.9. The van der Waals surface area contributed by atoms with Gasteiger partial charge in [-0.3, -0.25) is 9.69 Å². The van der Waals surface area contributed by atoms with E-state index in [1.807, 2.05) is 59.3 Å². The average Bonchev–Trinajstić information content (AvgIpc) is 3.18. The lowest BCUT2D eigenvalue weighted by atomic mass is 10.2. The Bertz CT molecular complexity index is 1050. The first kappa shape index (κ1) is 21.1. The van der Waals surface area contributed by atoms with Gasteiger partial charge < -0.3 is 19.4 Å². The Morgan fingerprint density at radius 2 is 1.81 bits per heavy atom. The Kier molecular flexibility index (Phi) is 6.69. The van der Waals surface area contributed by atoms with Gasteiger partial charge in [0.25, 0.3) is 0 Å². The molecule has 1 fully saturated rings. The van der Waals surface area contributed by atoms with Crippen molar-refractivity contribution in [2.75, 3.05) is 32.7 Å². The van der Waals surface area contributed by atoms with Crippen LogP contribution < -0.4 is 5.32 Å². The van der Waals surface area contributed by atoms with Crippen LogP contribution in [0.3, 0.4) is 0 Å². The van der Waals surface area contributed by atoms with Gasteiger partial charge in [0.2, 0.25) is 5.91 Å². The minimum absolute atomic E-state index is 0.0686. The third kappa shape index (κ3) is 5.74. The second-order valence-corrected chi connectivity index (χ2v) is 7.85. The summed E-state index contributed by atoms with van der Waals surface area (Å²) in [6.45, 7) is 3.54. The molecule has 0 aliphatic carbocycles.